The molecule has 20 heavy (non-hydrogen) atoms. The standard InChI is InChI=1S/C16H23NO2S/c1-12(13-7-9-15(20-2)10-8-13)17(11-16(18)19)14-5-3-4-6-14/h7-10,12,14H,3-6,11H2,1-2H3,(H,18,19). The van der Waals surface area contributed by atoms with E-state index in [2.05, 4.69) is 42.3 Å². The van der Waals surface area contributed by atoms with Gasteiger partial charge in [-0.2, -0.15) is 0 Å². The van der Waals surface area contributed by atoms with Gasteiger partial charge in [0.2, 0.25) is 0 Å². The van der Waals surface area contributed by atoms with Gasteiger partial charge < -0.3 is 5.11 Å². The third-order valence-corrected chi connectivity index (χ3v) is 4.95. The molecule has 0 radical (unpaired) electrons. The van der Waals surface area contributed by atoms with Crippen molar-refractivity contribution in [3.63, 3.8) is 0 Å². The third-order valence-electron chi connectivity index (χ3n) is 4.21. The molecule has 0 bridgehead atoms. The summed E-state index contributed by atoms with van der Waals surface area (Å²) in [5.41, 5.74) is 1.20. The number of thioether (sulfide) groups is 1. The molecule has 1 N–H and O–H groups in total. The van der Waals surface area contributed by atoms with Gasteiger partial charge in [0.15, 0.2) is 0 Å². The Morgan fingerprint density at radius 1 is 1.35 bits per heavy atom. The van der Waals surface area contributed by atoms with Gasteiger partial charge >= 0.3 is 5.97 Å². The number of rotatable bonds is 6. The Bertz CT molecular complexity index is 440. The molecular formula is C16H23NO2S. The number of carboxylic acid groups (broad SMARTS) is 1. The van der Waals surface area contributed by atoms with Gasteiger partial charge in [-0.1, -0.05) is 25.0 Å². The van der Waals surface area contributed by atoms with E-state index in [9.17, 15) is 9.90 Å². The molecule has 1 aromatic carbocycles. The van der Waals surface area contributed by atoms with Crippen LogP contribution in [0, 0.1) is 0 Å². The van der Waals surface area contributed by atoms with Crippen molar-refractivity contribution in [2.75, 3.05) is 12.8 Å². The molecule has 1 aliphatic carbocycles. The molecule has 110 valence electrons. The molecule has 1 aliphatic rings. The van der Waals surface area contributed by atoms with Crippen LogP contribution in [0.2, 0.25) is 0 Å². The van der Waals surface area contributed by atoms with Crippen molar-refractivity contribution in [3.05, 3.63) is 29.8 Å². The fourth-order valence-corrected chi connectivity index (χ4v) is 3.46. The molecule has 0 spiro atoms. The average Bonchev–Trinajstić information content (AvgIpc) is 2.98. The highest BCUT2D eigenvalue weighted by Gasteiger charge is 2.28. The van der Waals surface area contributed by atoms with Crippen LogP contribution in [0.1, 0.15) is 44.2 Å². The van der Waals surface area contributed by atoms with E-state index in [4.69, 9.17) is 0 Å². The minimum Gasteiger partial charge on any atom is -0.480 e. The van der Waals surface area contributed by atoms with Gasteiger partial charge in [-0.15, -0.1) is 11.8 Å². The quantitative estimate of drug-likeness (QED) is 0.810. The Labute approximate surface area is 125 Å². The van der Waals surface area contributed by atoms with E-state index in [-0.39, 0.29) is 12.6 Å². The van der Waals surface area contributed by atoms with Crippen molar-refractivity contribution >= 4 is 17.7 Å². The normalized spacial score (nSPS) is 17.6. The van der Waals surface area contributed by atoms with E-state index >= 15 is 0 Å². The minimum atomic E-state index is -0.732. The zero-order valence-corrected chi connectivity index (χ0v) is 13.0. The summed E-state index contributed by atoms with van der Waals surface area (Å²) in [5.74, 6) is -0.732. The van der Waals surface area contributed by atoms with Crippen LogP contribution in [0.25, 0.3) is 0 Å². The number of benzene rings is 1. The Hall–Kier alpha value is -1.00. The molecule has 0 aromatic heterocycles. The monoisotopic (exact) mass is 293 g/mol. The molecule has 1 unspecified atom stereocenters. The predicted molar refractivity (Wildman–Crippen MR) is 83.2 cm³/mol. The molecule has 2 rings (SSSR count). The molecule has 1 aromatic rings. The first-order valence-corrected chi connectivity index (χ1v) is 8.45. The maximum atomic E-state index is 11.2. The van der Waals surface area contributed by atoms with Crippen molar-refractivity contribution in [2.45, 2.75) is 49.6 Å². The van der Waals surface area contributed by atoms with Gasteiger partial charge in [0.25, 0.3) is 0 Å². The van der Waals surface area contributed by atoms with Gasteiger partial charge in [-0.3, -0.25) is 9.69 Å². The summed E-state index contributed by atoms with van der Waals surface area (Å²) in [6.45, 7) is 2.26. The summed E-state index contributed by atoms with van der Waals surface area (Å²) in [6, 6.07) is 9.06. The molecule has 3 nitrogen and oxygen atoms in total. The zero-order chi connectivity index (χ0) is 14.5. The van der Waals surface area contributed by atoms with E-state index in [1.54, 1.807) is 11.8 Å². The van der Waals surface area contributed by atoms with Gasteiger partial charge in [-0.25, -0.2) is 0 Å². The maximum absolute atomic E-state index is 11.2. The molecule has 0 heterocycles. The number of carboxylic acids is 1. The lowest BCUT2D eigenvalue weighted by atomic mass is 10.0. The number of carbonyl (C=O) groups is 1. The summed E-state index contributed by atoms with van der Waals surface area (Å²) in [4.78, 5) is 14.6. The average molecular weight is 293 g/mol. The van der Waals surface area contributed by atoms with Crippen LogP contribution in [-0.4, -0.2) is 34.8 Å². The summed E-state index contributed by atoms with van der Waals surface area (Å²) >= 11 is 1.73. The number of hydrogen-bond donors (Lipinski definition) is 1. The molecule has 1 atom stereocenters. The highest BCUT2D eigenvalue weighted by Crippen LogP contribution is 2.31. The number of aliphatic carboxylic acids is 1. The molecule has 4 heteroatoms. The van der Waals surface area contributed by atoms with E-state index in [0.717, 1.165) is 12.8 Å². The first kappa shape index (κ1) is 15.4. The lowest BCUT2D eigenvalue weighted by Gasteiger charge is -2.33. The van der Waals surface area contributed by atoms with E-state index < -0.39 is 5.97 Å². The largest absolute Gasteiger partial charge is 0.480 e. The first-order chi connectivity index (χ1) is 9.61. The van der Waals surface area contributed by atoms with Crippen molar-refractivity contribution in [2.24, 2.45) is 0 Å². The smallest absolute Gasteiger partial charge is 0.317 e. The molecular weight excluding hydrogens is 270 g/mol. The second-order valence-corrected chi connectivity index (χ2v) is 6.33. The van der Waals surface area contributed by atoms with Crippen molar-refractivity contribution in [3.8, 4) is 0 Å². The second kappa shape index (κ2) is 7.14. The van der Waals surface area contributed by atoms with Gasteiger partial charge in [-0.05, 0) is 43.7 Å². The van der Waals surface area contributed by atoms with Crippen LogP contribution in [0.4, 0.5) is 0 Å². The molecule has 0 amide bonds. The van der Waals surface area contributed by atoms with Crippen LogP contribution >= 0.6 is 11.8 Å². The lowest BCUT2D eigenvalue weighted by Crippen LogP contribution is -2.39. The third kappa shape index (κ3) is 3.76. The number of hydrogen-bond acceptors (Lipinski definition) is 3. The SMILES string of the molecule is CSc1ccc(C(C)N(CC(=O)O)C2CCCC2)cc1. The zero-order valence-electron chi connectivity index (χ0n) is 12.2. The van der Waals surface area contributed by atoms with Gasteiger partial charge in [0.05, 0.1) is 6.54 Å². The maximum Gasteiger partial charge on any atom is 0.317 e. The highest BCUT2D eigenvalue weighted by atomic mass is 32.2. The van der Waals surface area contributed by atoms with E-state index in [0.29, 0.717) is 6.04 Å². The molecule has 1 fully saturated rings. The van der Waals surface area contributed by atoms with Crippen LogP contribution in [-0.2, 0) is 4.79 Å². The Kier molecular flexibility index (Phi) is 5.49. The second-order valence-electron chi connectivity index (χ2n) is 5.45. The fraction of sp³-hybridized carbons (Fsp3) is 0.562. The van der Waals surface area contributed by atoms with Crippen LogP contribution in [0.15, 0.2) is 29.2 Å². The Morgan fingerprint density at radius 2 is 1.95 bits per heavy atom. The molecule has 0 saturated heterocycles. The van der Waals surface area contributed by atoms with E-state index in [1.165, 1.54) is 23.3 Å². The van der Waals surface area contributed by atoms with Crippen LogP contribution in [0.3, 0.4) is 0 Å². The first-order valence-electron chi connectivity index (χ1n) is 7.23. The molecule has 0 aliphatic heterocycles. The van der Waals surface area contributed by atoms with Crippen molar-refractivity contribution < 1.29 is 9.90 Å². The Balaban J connectivity index is 2.15. The summed E-state index contributed by atoms with van der Waals surface area (Å²) in [7, 11) is 0. The highest BCUT2D eigenvalue weighted by molar-refractivity contribution is 7.98. The van der Waals surface area contributed by atoms with Crippen molar-refractivity contribution in [1.82, 2.24) is 4.90 Å². The van der Waals surface area contributed by atoms with E-state index in [1.807, 2.05) is 0 Å². The summed E-state index contributed by atoms with van der Waals surface area (Å²) < 4.78 is 0. The topological polar surface area (TPSA) is 40.5 Å². The van der Waals surface area contributed by atoms with Gasteiger partial charge in [0, 0.05) is 17.0 Å². The van der Waals surface area contributed by atoms with Gasteiger partial charge in [0.1, 0.15) is 0 Å². The minimum absolute atomic E-state index is 0.135. The lowest BCUT2D eigenvalue weighted by molar-refractivity contribution is -0.139. The van der Waals surface area contributed by atoms with Crippen LogP contribution in [0.5, 0.6) is 0 Å². The van der Waals surface area contributed by atoms with Crippen LogP contribution < -0.4 is 0 Å². The van der Waals surface area contributed by atoms with Crippen molar-refractivity contribution in [1.29, 1.82) is 0 Å². The number of nitrogens with zero attached hydrogens (tertiary/aromatic N) is 1. The molecule has 1 saturated carbocycles. The Morgan fingerprint density at radius 3 is 2.45 bits per heavy atom. The summed E-state index contributed by atoms with van der Waals surface area (Å²) in [5, 5.41) is 9.18. The summed E-state index contributed by atoms with van der Waals surface area (Å²) in [6.07, 6.45) is 6.76. The fourth-order valence-electron chi connectivity index (χ4n) is 3.05. The predicted octanol–water partition coefficient (Wildman–Crippen LogP) is 3.80.